The quantitative estimate of drug-likeness (QED) is 0.516. The zero-order chi connectivity index (χ0) is 19.9. The Kier molecular flexibility index (Phi) is 8.18. The molecule has 0 aliphatic rings. The number of carbonyl (C=O) groups excluding carboxylic acids is 3. The first-order chi connectivity index (χ1) is 12.2. The van der Waals surface area contributed by atoms with Crippen molar-refractivity contribution in [2.75, 3.05) is 26.6 Å². The van der Waals surface area contributed by atoms with Gasteiger partial charge in [0.25, 0.3) is 5.91 Å². The molecule has 2 unspecified atom stereocenters. The Morgan fingerprint density at radius 3 is 2.46 bits per heavy atom. The van der Waals surface area contributed by atoms with Crippen LogP contribution in [-0.2, 0) is 19.1 Å². The van der Waals surface area contributed by atoms with Gasteiger partial charge in [0.2, 0.25) is 0 Å². The van der Waals surface area contributed by atoms with E-state index in [4.69, 9.17) is 26.8 Å². The monoisotopic (exact) mass is 386 g/mol. The van der Waals surface area contributed by atoms with Crippen LogP contribution in [-0.4, -0.2) is 44.7 Å². The van der Waals surface area contributed by atoms with Crippen molar-refractivity contribution in [1.82, 2.24) is 5.32 Å². The molecule has 0 bridgehead atoms. The summed E-state index contributed by atoms with van der Waals surface area (Å²) in [6.45, 7) is 3.10. The molecule has 0 heterocycles. The number of hydrogen-bond donors (Lipinski definition) is 2. The van der Waals surface area contributed by atoms with Gasteiger partial charge in [0, 0.05) is 6.07 Å². The van der Waals surface area contributed by atoms with Crippen LogP contribution in [0.15, 0.2) is 12.1 Å². The number of nitrogens with one attached hydrogen (secondary N) is 1. The highest BCUT2D eigenvalue weighted by Gasteiger charge is 2.27. The molecule has 1 amide bonds. The minimum Gasteiger partial charge on any atom is -0.496 e. The van der Waals surface area contributed by atoms with Crippen molar-refractivity contribution >= 4 is 35.1 Å². The van der Waals surface area contributed by atoms with Gasteiger partial charge >= 0.3 is 11.9 Å². The Bertz CT molecular complexity index is 679. The molecule has 9 heteroatoms. The van der Waals surface area contributed by atoms with Crippen LogP contribution in [0.2, 0.25) is 5.02 Å². The fraction of sp³-hybridized carbons (Fsp3) is 0.471. The van der Waals surface area contributed by atoms with E-state index in [0.29, 0.717) is 6.42 Å². The van der Waals surface area contributed by atoms with Crippen molar-refractivity contribution in [1.29, 1.82) is 0 Å². The summed E-state index contributed by atoms with van der Waals surface area (Å²) in [6.07, 6.45) is 0.654. The number of nitrogen functional groups attached to an aromatic ring is 1. The predicted molar refractivity (Wildman–Crippen MR) is 96.1 cm³/mol. The molecule has 0 aliphatic heterocycles. The number of benzene rings is 1. The topological polar surface area (TPSA) is 117 Å². The van der Waals surface area contributed by atoms with E-state index in [9.17, 15) is 14.4 Å². The number of esters is 2. The third-order valence-corrected chi connectivity index (χ3v) is 4.18. The third kappa shape index (κ3) is 5.52. The maximum atomic E-state index is 12.2. The van der Waals surface area contributed by atoms with E-state index in [1.165, 1.54) is 26.4 Å². The molecule has 1 rings (SSSR count). The van der Waals surface area contributed by atoms with Gasteiger partial charge in [-0.2, -0.15) is 0 Å². The number of halogens is 1. The minimum absolute atomic E-state index is 0.0333. The van der Waals surface area contributed by atoms with Crippen LogP contribution >= 0.6 is 11.6 Å². The number of amides is 1. The molecule has 0 aromatic heterocycles. The Morgan fingerprint density at radius 1 is 1.27 bits per heavy atom. The van der Waals surface area contributed by atoms with Crippen LogP contribution < -0.4 is 15.8 Å². The fourth-order valence-electron chi connectivity index (χ4n) is 2.12. The van der Waals surface area contributed by atoms with E-state index < -0.39 is 30.5 Å². The summed E-state index contributed by atoms with van der Waals surface area (Å²) in [7, 11) is 2.60. The van der Waals surface area contributed by atoms with Gasteiger partial charge in [0.1, 0.15) is 17.4 Å². The van der Waals surface area contributed by atoms with E-state index in [0.717, 1.165) is 0 Å². The largest absolute Gasteiger partial charge is 0.496 e. The van der Waals surface area contributed by atoms with Gasteiger partial charge in [-0.05, 0) is 12.0 Å². The van der Waals surface area contributed by atoms with Crippen LogP contribution in [0.3, 0.4) is 0 Å². The SMILES string of the molecule is CCC(C)C(NC(=O)COC(=O)c1cc(Cl)c(N)cc1OC)C(=O)OC. The molecule has 0 fully saturated rings. The molecule has 0 saturated heterocycles. The van der Waals surface area contributed by atoms with Gasteiger partial charge in [-0.1, -0.05) is 31.9 Å². The lowest BCUT2D eigenvalue weighted by Crippen LogP contribution is -2.47. The lowest BCUT2D eigenvalue weighted by atomic mass is 9.99. The number of rotatable bonds is 8. The van der Waals surface area contributed by atoms with Crippen LogP contribution in [0.1, 0.15) is 30.6 Å². The molecule has 2 atom stereocenters. The molecule has 26 heavy (non-hydrogen) atoms. The van der Waals surface area contributed by atoms with Crippen molar-refractivity contribution < 1.29 is 28.6 Å². The number of hydrogen-bond acceptors (Lipinski definition) is 7. The van der Waals surface area contributed by atoms with Gasteiger partial charge < -0.3 is 25.3 Å². The summed E-state index contributed by atoms with van der Waals surface area (Å²) in [5.41, 5.74) is 5.93. The predicted octanol–water partition coefficient (Wildman–Crippen LogP) is 1.79. The maximum Gasteiger partial charge on any atom is 0.342 e. The summed E-state index contributed by atoms with van der Waals surface area (Å²) in [4.78, 5) is 36.0. The lowest BCUT2D eigenvalue weighted by Gasteiger charge is -2.21. The van der Waals surface area contributed by atoms with Crippen LogP contribution in [0.4, 0.5) is 5.69 Å². The van der Waals surface area contributed by atoms with E-state index in [2.05, 4.69) is 10.1 Å². The average molecular weight is 387 g/mol. The highest BCUT2D eigenvalue weighted by molar-refractivity contribution is 6.33. The third-order valence-electron chi connectivity index (χ3n) is 3.86. The van der Waals surface area contributed by atoms with Crippen molar-refractivity contribution in [2.45, 2.75) is 26.3 Å². The van der Waals surface area contributed by atoms with Crippen molar-refractivity contribution in [3.8, 4) is 5.75 Å². The normalized spacial score (nSPS) is 12.7. The second-order valence-corrected chi connectivity index (χ2v) is 6.01. The van der Waals surface area contributed by atoms with E-state index in [-0.39, 0.29) is 27.9 Å². The Labute approximate surface area is 156 Å². The molecule has 0 radical (unpaired) electrons. The standard InChI is InChI=1S/C17H23ClN2O6/c1-5-9(2)15(17(23)25-4)20-14(21)8-26-16(22)10-6-11(18)12(19)7-13(10)24-3/h6-7,9,15H,5,8,19H2,1-4H3,(H,20,21). The minimum atomic E-state index is -0.822. The molecule has 3 N–H and O–H groups in total. The van der Waals surface area contributed by atoms with Crippen molar-refractivity contribution in [2.24, 2.45) is 5.92 Å². The smallest absolute Gasteiger partial charge is 0.342 e. The summed E-state index contributed by atoms with van der Waals surface area (Å²) in [5, 5.41) is 2.66. The summed E-state index contributed by atoms with van der Waals surface area (Å²) >= 11 is 5.90. The Balaban J connectivity index is 2.76. The van der Waals surface area contributed by atoms with Gasteiger partial charge in [0.15, 0.2) is 6.61 Å². The molecule has 0 aliphatic carbocycles. The van der Waals surface area contributed by atoms with Crippen LogP contribution in [0.25, 0.3) is 0 Å². The van der Waals surface area contributed by atoms with Gasteiger partial charge in [-0.15, -0.1) is 0 Å². The lowest BCUT2D eigenvalue weighted by molar-refractivity contribution is -0.147. The molecule has 1 aromatic carbocycles. The summed E-state index contributed by atoms with van der Waals surface area (Å²) in [5.74, 6) is -1.97. The highest BCUT2D eigenvalue weighted by Crippen LogP contribution is 2.29. The zero-order valence-corrected chi connectivity index (χ0v) is 15.9. The van der Waals surface area contributed by atoms with E-state index in [1.54, 1.807) is 6.92 Å². The molecular weight excluding hydrogens is 364 g/mol. The number of nitrogens with two attached hydrogens (primary N) is 1. The number of carbonyl (C=O) groups is 3. The number of ether oxygens (including phenoxy) is 3. The highest BCUT2D eigenvalue weighted by atomic mass is 35.5. The molecule has 8 nitrogen and oxygen atoms in total. The van der Waals surface area contributed by atoms with Crippen LogP contribution in [0.5, 0.6) is 5.75 Å². The van der Waals surface area contributed by atoms with E-state index in [1.807, 2.05) is 6.92 Å². The first kappa shape index (κ1) is 21.6. The van der Waals surface area contributed by atoms with Gasteiger partial charge in [0.05, 0.1) is 24.9 Å². The fourth-order valence-corrected chi connectivity index (χ4v) is 2.28. The summed E-state index contributed by atoms with van der Waals surface area (Å²) < 4.78 is 14.7. The first-order valence-corrected chi connectivity index (χ1v) is 8.30. The number of methoxy groups -OCH3 is 2. The molecule has 144 valence electrons. The first-order valence-electron chi connectivity index (χ1n) is 7.92. The average Bonchev–Trinajstić information content (AvgIpc) is 2.64. The Hall–Kier alpha value is -2.48. The second-order valence-electron chi connectivity index (χ2n) is 5.60. The maximum absolute atomic E-state index is 12.2. The molecular formula is C17H23ClN2O6. The second kappa shape index (κ2) is 9.86. The van der Waals surface area contributed by atoms with Gasteiger partial charge in [-0.3, -0.25) is 4.79 Å². The zero-order valence-electron chi connectivity index (χ0n) is 15.1. The van der Waals surface area contributed by atoms with Crippen LogP contribution in [0, 0.1) is 5.92 Å². The summed E-state index contributed by atoms with van der Waals surface area (Å²) in [6, 6.07) is 1.86. The Morgan fingerprint density at radius 2 is 1.92 bits per heavy atom. The molecule has 1 aromatic rings. The van der Waals surface area contributed by atoms with E-state index >= 15 is 0 Å². The number of anilines is 1. The van der Waals surface area contributed by atoms with Gasteiger partial charge in [-0.25, -0.2) is 9.59 Å². The molecule has 0 spiro atoms. The van der Waals surface area contributed by atoms with Crippen molar-refractivity contribution in [3.05, 3.63) is 22.7 Å². The molecule has 0 saturated carbocycles. The van der Waals surface area contributed by atoms with Crippen molar-refractivity contribution in [3.63, 3.8) is 0 Å².